The SMILES string of the molecule is N#CC1CN(c2nc(NN)ncc2[N+](=O)[O-])CCO1. The summed E-state index contributed by atoms with van der Waals surface area (Å²) in [6, 6.07) is 1.96. The highest BCUT2D eigenvalue weighted by atomic mass is 16.6. The van der Waals surface area contributed by atoms with Gasteiger partial charge in [0.25, 0.3) is 0 Å². The van der Waals surface area contributed by atoms with Gasteiger partial charge in [-0.15, -0.1) is 0 Å². The number of rotatable bonds is 3. The Morgan fingerprint density at radius 2 is 2.53 bits per heavy atom. The molecule has 0 aliphatic carbocycles. The third-order valence-electron chi connectivity index (χ3n) is 2.59. The highest BCUT2D eigenvalue weighted by molar-refractivity contribution is 5.59. The van der Waals surface area contributed by atoms with Crippen LogP contribution in [0.25, 0.3) is 0 Å². The zero-order chi connectivity index (χ0) is 13.8. The van der Waals surface area contributed by atoms with E-state index in [2.05, 4.69) is 15.4 Å². The van der Waals surface area contributed by atoms with E-state index < -0.39 is 11.0 Å². The average molecular weight is 265 g/mol. The molecule has 3 N–H and O–H groups in total. The molecule has 0 aromatic carbocycles. The van der Waals surface area contributed by atoms with Crippen LogP contribution in [0.1, 0.15) is 0 Å². The largest absolute Gasteiger partial charge is 0.360 e. The number of nitriles is 1. The molecule has 1 aliphatic heterocycles. The fraction of sp³-hybridized carbons (Fsp3) is 0.444. The first kappa shape index (κ1) is 12.9. The summed E-state index contributed by atoms with van der Waals surface area (Å²) in [4.78, 5) is 19.7. The third kappa shape index (κ3) is 2.67. The summed E-state index contributed by atoms with van der Waals surface area (Å²) < 4.78 is 5.18. The molecule has 1 aromatic rings. The molecular formula is C9H11N7O3. The smallest absolute Gasteiger partial charge is 0.329 e. The van der Waals surface area contributed by atoms with Crippen molar-refractivity contribution >= 4 is 17.5 Å². The molecule has 1 atom stereocenters. The lowest BCUT2D eigenvalue weighted by atomic mass is 10.3. The highest BCUT2D eigenvalue weighted by Gasteiger charge is 2.28. The molecule has 2 rings (SSSR count). The van der Waals surface area contributed by atoms with Crippen LogP contribution in [-0.4, -0.2) is 40.7 Å². The number of hydrogen-bond donors (Lipinski definition) is 2. The number of nitro groups is 1. The van der Waals surface area contributed by atoms with E-state index >= 15 is 0 Å². The summed E-state index contributed by atoms with van der Waals surface area (Å²) in [6.45, 7) is 0.906. The van der Waals surface area contributed by atoms with Crippen LogP contribution >= 0.6 is 0 Å². The van der Waals surface area contributed by atoms with Crippen molar-refractivity contribution in [2.75, 3.05) is 30.0 Å². The second kappa shape index (κ2) is 5.42. The van der Waals surface area contributed by atoms with Gasteiger partial charge in [0.05, 0.1) is 24.1 Å². The molecule has 0 radical (unpaired) electrons. The van der Waals surface area contributed by atoms with Gasteiger partial charge < -0.3 is 9.64 Å². The molecule has 0 bridgehead atoms. The molecule has 1 aromatic heterocycles. The maximum Gasteiger partial charge on any atom is 0.329 e. The van der Waals surface area contributed by atoms with Gasteiger partial charge >= 0.3 is 5.69 Å². The number of nitrogens with two attached hydrogens (primary N) is 1. The third-order valence-corrected chi connectivity index (χ3v) is 2.59. The average Bonchev–Trinajstić information content (AvgIpc) is 2.46. The lowest BCUT2D eigenvalue weighted by molar-refractivity contribution is -0.384. The molecule has 2 heterocycles. The Kier molecular flexibility index (Phi) is 3.69. The van der Waals surface area contributed by atoms with Crippen LogP contribution < -0.4 is 16.2 Å². The van der Waals surface area contributed by atoms with E-state index in [9.17, 15) is 10.1 Å². The standard InChI is InChI=1S/C9H11N7O3/c10-3-6-5-15(1-2-19-6)8-7(16(17)18)4-12-9(13-8)14-11/h4,6H,1-2,5,11H2,(H,12,13,14). The van der Waals surface area contributed by atoms with Crippen molar-refractivity contribution < 1.29 is 9.66 Å². The van der Waals surface area contributed by atoms with E-state index in [1.165, 1.54) is 0 Å². The first-order valence-electron chi connectivity index (χ1n) is 5.40. The van der Waals surface area contributed by atoms with Crippen LogP contribution in [0.2, 0.25) is 0 Å². The number of ether oxygens (including phenoxy) is 1. The lowest BCUT2D eigenvalue weighted by Crippen LogP contribution is -2.42. The zero-order valence-corrected chi connectivity index (χ0v) is 9.81. The number of morpholine rings is 1. The van der Waals surface area contributed by atoms with Crippen LogP contribution in [-0.2, 0) is 4.74 Å². The fourth-order valence-electron chi connectivity index (χ4n) is 1.72. The maximum atomic E-state index is 11.0. The van der Waals surface area contributed by atoms with E-state index in [-0.39, 0.29) is 24.0 Å². The molecular weight excluding hydrogens is 254 g/mol. The van der Waals surface area contributed by atoms with Gasteiger partial charge in [-0.3, -0.25) is 15.5 Å². The Hall–Kier alpha value is -2.51. The lowest BCUT2D eigenvalue weighted by Gasteiger charge is -2.30. The van der Waals surface area contributed by atoms with Crippen molar-refractivity contribution in [1.29, 1.82) is 5.26 Å². The van der Waals surface area contributed by atoms with Crippen molar-refractivity contribution in [3.63, 3.8) is 0 Å². The Labute approximate surface area is 107 Å². The first-order chi connectivity index (χ1) is 9.15. The van der Waals surface area contributed by atoms with Gasteiger partial charge in [0.2, 0.25) is 11.8 Å². The van der Waals surface area contributed by atoms with E-state index in [0.29, 0.717) is 13.2 Å². The van der Waals surface area contributed by atoms with Crippen molar-refractivity contribution in [1.82, 2.24) is 9.97 Å². The number of nitrogen functional groups attached to an aromatic ring is 1. The van der Waals surface area contributed by atoms with Gasteiger partial charge in [-0.1, -0.05) is 0 Å². The molecule has 0 amide bonds. The van der Waals surface area contributed by atoms with Gasteiger partial charge in [0, 0.05) is 6.54 Å². The van der Waals surface area contributed by atoms with Gasteiger partial charge in [-0.05, 0) is 0 Å². The van der Waals surface area contributed by atoms with Crippen LogP contribution in [0.5, 0.6) is 0 Å². The molecule has 1 unspecified atom stereocenters. The van der Waals surface area contributed by atoms with E-state index in [4.69, 9.17) is 15.8 Å². The molecule has 10 nitrogen and oxygen atoms in total. The summed E-state index contributed by atoms with van der Waals surface area (Å²) in [6.07, 6.45) is 0.437. The molecule has 19 heavy (non-hydrogen) atoms. The minimum Gasteiger partial charge on any atom is -0.360 e. The van der Waals surface area contributed by atoms with Crippen molar-refractivity contribution in [2.45, 2.75) is 6.10 Å². The molecule has 0 saturated carbocycles. The normalized spacial score (nSPS) is 18.7. The maximum absolute atomic E-state index is 11.0. The number of hydrazine groups is 1. The molecule has 1 saturated heterocycles. The summed E-state index contributed by atoms with van der Waals surface area (Å²) >= 11 is 0. The molecule has 1 fully saturated rings. The van der Waals surface area contributed by atoms with Crippen molar-refractivity contribution in [2.24, 2.45) is 5.84 Å². The van der Waals surface area contributed by atoms with Gasteiger partial charge in [-0.2, -0.15) is 10.2 Å². The van der Waals surface area contributed by atoms with Crippen LogP contribution in [0.3, 0.4) is 0 Å². The number of nitrogens with one attached hydrogen (secondary N) is 1. The topological polar surface area (TPSA) is 143 Å². The quantitative estimate of drug-likeness (QED) is 0.415. The molecule has 100 valence electrons. The monoisotopic (exact) mass is 265 g/mol. The second-order valence-corrected chi connectivity index (χ2v) is 3.74. The Bertz CT molecular complexity index is 529. The minimum atomic E-state index is -0.641. The number of aromatic nitrogens is 2. The van der Waals surface area contributed by atoms with Crippen LogP contribution in [0.4, 0.5) is 17.5 Å². The van der Waals surface area contributed by atoms with Crippen molar-refractivity contribution in [3.05, 3.63) is 16.3 Å². The zero-order valence-electron chi connectivity index (χ0n) is 9.81. The first-order valence-corrected chi connectivity index (χ1v) is 5.40. The summed E-state index contributed by atoms with van der Waals surface area (Å²) in [5.41, 5.74) is 1.99. The Morgan fingerprint density at radius 3 is 3.16 bits per heavy atom. The van der Waals surface area contributed by atoms with Gasteiger partial charge in [0.1, 0.15) is 6.20 Å². The summed E-state index contributed by atoms with van der Waals surface area (Å²) in [5.74, 6) is 5.38. The number of nitrogens with zero attached hydrogens (tertiary/aromatic N) is 5. The Morgan fingerprint density at radius 1 is 1.74 bits per heavy atom. The fourth-order valence-corrected chi connectivity index (χ4v) is 1.72. The van der Waals surface area contributed by atoms with Gasteiger partial charge in [-0.25, -0.2) is 10.8 Å². The number of hydrogen-bond acceptors (Lipinski definition) is 9. The molecule has 0 spiro atoms. The Balaban J connectivity index is 2.36. The summed E-state index contributed by atoms with van der Waals surface area (Å²) in [5, 5.41) is 19.8. The van der Waals surface area contributed by atoms with E-state index in [0.717, 1.165) is 6.20 Å². The number of anilines is 2. The second-order valence-electron chi connectivity index (χ2n) is 3.74. The molecule has 1 aliphatic rings. The van der Waals surface area contributed by atoms with Crippen LogP contribution in [0.15, 0.2) is 6.20 Å². The summed E-state index contributed by atoms with van der Waals surface area (Å²) in [7, 11) is 0. The van der Waals surface area contributed by atoms with E-state index in [1.807, 2.05) is 6.07 Å². The predicted octanol–water partition coefficient (Wildman–Crippen LogP) is -0.601. The predicted molar refractivity (Wildman–Crippen MR) is 64.1 cm³/mol. The highest BCUT2D eigenvalue weighted by Crippen LogP contribution is 2.27. The van der Waals surface area contributed by atoms with E-state index in [1.54, 1.807) is 4.90 Å². The molecule has 10 heteroatoms. The minimum absolute atomic E-state index is 0.0700. The van der Waals surface area contributed by atoms with Crippen molar-refractivity contribution in [3.8, 4) is 6.07 Å². The van der Waals surface area contributed by atoms with Gasteiger partial charge in [0.15, 0.2) is 6.10 Å². The van der Waals surface area contributed by atoms with Crippen LogP contribution in [0, 0.1) is 21.4 Å².